The number of rotatable bonds is 16. The molecule has 0 aliphatic rings. The monoisotopic (exact) mass is 984 g/mol. The van der Waals surface area contributed by atoms with Crippen LogP contribution in [0, 0.1) is 25.2 Å². The summed E-state index contributed by atoms with van der Waals surface area (Å²) >= 11 is 0. The number of sulfonamides is 1. The number of H-pyrrole nitrogens is 2. The van der Waals surface area contributed by atoms with Crippen molar-refractivity contribution in [3.63, 3.8) is 0 Å². The van der Waals surface area contributed by atoms with Crippen LogP contribution >= 0.6 is 0 Å². The number of aryl methyl sites for hydroxylation is 2. The van der Waals surface area contributed by atoms with Crippen LogP contribution in [0.15, 0.2) is 121 Å². The number of imidazole rings is 1. The third kappa shape index (κ3) is 10.8. The number of halogens is 3. The van der Waals surface area contributed by atoms with Gasteiger partial charge in [-0.25, -0.2) is 13.4 Å². The molecule has 0 spiro atoms. The predicted octanol–water partition coefficient (Wildman–Crippen LogP) is 7.07. The molecule has 0 bridgehead atoms. The molecule has 0 aliphatic carbocycles. The lowest BCUT2D eigenvalue weighted by Gasteiger charge is -2.14. The fraction of sp³-hybridized carbons (Fsp3) is 0.163. The smallest absolute Gasteiger partial charge is 0.381 e. The van der Waals surface area contributed by atoms with Crippen LogP contribution in [0.2, 0.25) is 0 Å². The van der Waals surface area contributed by atoms with Crippen LogP contribution in [-0.2, 0) is 27.5 Å². The molecule has 0 saturated heterocycles. The van der Waals surface area contributed by atoms with Gasteiger partial charge in [0.2, 0.25) is 5.91 Å². The molecular formula is C49H43F3N12O6S. The quantitative estimate of drug-likeness (QED) is 0.0457. The first-order valence-corrected chi connectivity index (χ1v) is 23.2. The Morgan fingerprint density at radius 2 is 1.63 bits per heavy atom. The number of fused-ring (bicyclic) bond motifs is 2. The second-order valence-corrected chi connectivity index (χ2v) is 18.1. The number of nitrogens with one attached hydrogen (secondary N) is 8. The number of carbonyl (C=O) groups is 4. The highest BCUT2D eigenvalue weighted by molar-refractivity contribution is 7.92. The Bertz CT molecular complexity index is 3520. The summed E-state index contributed by atoms with van der Waals surface area (Å²) in [5, 5.41) is 31.4. The molecule has 1 atom stereocenters. The van der Waals surface area contributed by atoms with Crippen molar-refractivity contribution in [2.45, 2.75) is 44.4 Å². The van der Waals surface area contributed by atoms with E-state index in [-0.39, 0.29) is 46.2 Å². The summed E-state index contributed by atoms with van der Waals surface area (Å²) < 4.78 is 71.8. The van der Waals surface area contributed by atoms with Crippen molar-refractivity contribution in [2.24, 2.45) is 0 Å². The molecule has 8 aromatic rings. The van der Waals surface area contributed by atoms with Gasteiger partial charge in [-0.1, -0.05) is 18.2 Å². The van der Waals surface area contributed by atoms with E-state index in [1.165, 1.54) is 60.5 Å². The molecule has 0 fully saturated rings. The lowest BCUT2D eigenvalue weighted by molar-refractivity contribution is -0.137. The van der Waals surface area contributed by atoms with Crippen LogP contribution in [-0.4, -0.2) is 75.9 Å². The first-order valence-electron chi connectivity index (χ1n) is 21.7. The topological polar surface area (TPSA) is 261 Å². The Labute approximate surface area is 403 Å². The lowest BCUT2D eigenvalue weighted by Crippen LogP contribution is -2.46. The Morgan fingerprint density at radius 1 is 0.859 bits per heavy atom. The largest absolute Gasteiger partial charge is 0.416 e. The highest BCUT2D eigenvalue weighted by Crippen LogP contribution is 2.33. The molecule has 71 heavy (non-hydrogen) atoms. The minimum atomic E-state index is -4.69. The molecule has 18 nitrogen and oxygen atoms in total. The fourth-order valence-corrected chi connectivity index (χ4v) is 8.75. The molecule has 0 radical (unpaired) electrons. The van der Waals surface area contributed by atoms with Gasteiger partial charge in [-0.3, -0.25) is 29.0 Å². The summed E-state index contributed by atoms with van der Waals surface area (Å²) in [5.74, 6) is -2.38. The first-order chi connectivity index (χ1) is 33.9. The van der Waals surface area contributed by atoms with E-state index in [9.17, 15) is 46.0 Å². The fourth-order valence-electron chi connectivity index (χ4n) is 7.68. The molecule has 5 aromatic carbocycles. The number of nitriles is 1. The Balaban J connectivity index is 0.794. The van der Waals surface area contributed by atoms with Crippen molar-refractivity contribution in [3.05, 3.63) is 161 Å². The van der Waals surface area contributed by atoms with Gasteiger partial charge in [0.1, 0.15) is 12.1 Å². The van der Waals surface area contributed by atoms with Gasteiger partial charge in [-0.05, 0) is 111 Å². The number of benzene rings is 5. The van der Waals surface area contributed by atoms with Crippen LogP contribution < -0.4 is 31.3 Å². The molecule has 0 unspecified atom stereocenters. The number of nitrogens with zero attached hydrogens (tertiary/aromatic N) is 4. The zero-order valence-electron chi connectivity index (χ0n) is 37.9. The van der Waals surface area contributed by atoms with Crippen LogP contribution in [0.4, 0.5) is 30.2 Å². The number of aromatic amines is 2. The zero-order valence-corrected chi connectivity index (χ0v) is 38.8. The van der Waals surface area contributed by atoms with Gasteiger partial charge in [0.25, 0.3) is 27.7 Å². The molecule has 3 aromatic heterocycles. The molecule has 3 heterocycles. The Hall–Kier alpha value is -8.97. The average molecular weight is 985 g/mol. The van der Waals surface area contributed by atoms with Crippen molar-refractivity contribution < 1.29 is 40.8 Å². The molecule has 8 rings (SSSR count). The van der Waals surface area contributed by atoms with Crippen LogP contribution in [0.1, 0.15) is 66.1 Å². The molecule has 8 N–H and O–H groups in total. The molecule has 362 valence electrons. The molecular weight excluding hydrogens is 942 g/mol. The van der Waals surface area contributed by atoms with E-state index in [1.807, 2.05) is 6.92 Å². The summed E-state index contributed by atoms with van der Waals surface area (Å²) in [6.45, 7) is 5.33. The van der Waals surface area contributed by atoms with E-state index in [2.05, 4.69) is 57.5 Å². The van der Waals surface area contributed by atoms with E-state index in [4.69, 9.17) is 0 Å². The maximum atomic E-state index is 13.8. The molecule has 0 saturated carbocycles. The van der Waals surface area contributed by atoms with Gasteiger partial charge in [-0.2, -0.15) is 23.5 Å². The van der Waals surface area contributed by atoms with Crippen LogP contribution in [0.5, 0.6) is 0 Å². The SMILES string of the molecule is Cc1ccc(NS(=O)(=O)c2ccc(C(=O)NCCNC(=O)[C@H](C)NC(=O)c3n[nH]c4cc(NCc5cccc(NC(=O)c6cc(-n7cncc7C)cc(C(F)(F)F)c6)c5)ccc34)cc2)c2[nH]cc(C#N)c12. The highest BCUT2D eigenvalue weighted by Gasteiger charge is 2.32. The van der Waals surface area contributed by atoms with Gasteiger partial charge >= 0.3 is 6.18 Å². The average Bonchev–Trinajstić information content (AvgIpc) is 4.11. The predicted molar refractivity (Wildman–Crippen MR) is 258 cm³/mol. The van der Waals surface area contributed by atoms with Gasteiger partial charge in [0, 0.05) is 76.7 Å². The second-order valence-electron chi connectivity index (χ2n) is 16.4. The minimum Gasteiger partial charge on any atom is -0.381 e. The maximum Gasteiger partial charge on any atom is 0.416 e. The summed E-state index contributed by atoms with van der Waals surface area (Å²) in [6.07, 6.45) is -0.308. The lowest BCUT2D eigenvalue weighted by atomic mass is 10.1. The number of aromatic nitrogens is 5. The van der Waals surface area contributed by atoms with E-state index in [0.29, 0.717) is 51.0 Å². The van der Waals surface area contributed by atoms with E-state index in [0.717, 1.165) is 23.3 Å². The summed E-state index contributed by atoms with van der Waals surface area (Å²) in [4.78, 5) is 59.0. The number of amides is 4. The van der Waals surface area contributed by atoms with Crippen molar-refractivity contribution in [1.29, 1.82) is 5.26 Å². The van der Waals surface area contributed by atoms with Gasteiger partial charge in [0.05, 0.1) is 39.1 Å². The van der Waals surface area contributed by atoms with Crippen molar-refractivity contribution in [2.75, 3.05) is 28.4 Å². The van der Waals surface area contributed by atoms with Gasteiger partial charge in [-0.15, -0.1) is 0 Å². The second kappa shape index (κ2) is 19.9. The van der Waals surface area contributed by atoms with E-state index in [1.54, 1.807) is 61.5 Å². The van der Waals surface area contributed by atoms with Gasteiger partial charge in [0.15, 0.2) is 5.69 Å². The standard InChI is InChI=1S/C49H43F3N12O6S/c1-27-7-14-40(44-42(27)33(22-53)25-58-44)63-71(69,70)38-11-8-31(9-12-38)46(66)56-16-15-55-45(65)29(3)59-48(68)43-39-13-10-35(21-41(39)61-62-43)57-24-30-5-4-6-36(17-30)60-47(67)32-18-34(49(50,51)52)20-37(19-32)64-26-54-23-28(64)2/h4-14,17-21,23,25-26,29,57-58,63H,15-16,24H2,1-3H3,(H,55,65)(H,56,66)(H,59,68)(H,60,67)(H,61,62)/t29-/m0/s1. The first kappa shape index (κ1) is 48.5. The Kier molecular flexibility index (Phi) is 13.6. The van der Waals surface area contributed by atoms with Gasteiger partial charge < -0.3 is 36.1 Å². The zero-order chi connectivity index (χ0) is 50.6. The molecule has 4 amide bonds. The Morgan fingerprint density at radius 3 is 2.37 bits per heavy atom. The highest BCUT2D eigenvalue weighted by atomic mass is 32.2. The van der Waals surface area contributed by atoms with Crippen molar-refractivity contribution >= 4 is 72.5 Å². The third-order valence-electron chi connectivity index (χ3n) is 11.4. The van der Waals surface area contributed by atoms with Crippen LogP contribution in [0.25, 0.3) is 27.5 Å². The number of anilines is 3. The maximum absolute atomic E-state index is 13.8. The molecule has 0 aliphatic heterocycles. The normalized spacial score (nSPS) is 12.0. The minimum absolute atomic E-state index is 0.0202. The summed E-state index contributed by atoms with van der Waals surface area (Å²) in [7, 11) is -4.06. The summed E-state index contributed by atoms with van der Waals surface area (Å²) in [5.41, 5.74) is 3.99. The number of hydrogen-bond acceptors (Lipinski definition) is 10. The molecule has 22 heteroatoms. The van der Waals surface area contributed by atoms with E-state index >= 15 is 0 Å². The van der Waals surface area contributed by atoms with Crippen LogP contribution in [0.3, 0.4) is 0 Å². The van der Waals surface area contributed by atoms with Crippen molar-refractivity contribution in [3.8, 4) is 11.8 Å². The summed E-state index contributed by atoms with van der Waals surface area (Å²) in [6, 6.07) is 24.8. The number of carbonyl (C=O) groups excluding carboxylic acids is 4. The number of alkyl halides is 3. The third-order valence-corrected chi connectivity index (χ3v) is 12.7. The van der Waals surface area contributed by atoms with E-state index < -0.39 is 51.4 Å². The number of hydrogen-bond donors (Lipinski definition) is 8. The van der Waals surface area contributed by atoms with Crippen molar-refractivity contribution in [1.82, 2.24) is 40.7 Å².